The van der Waals surface area contributed by atoms with Crippen molar-refractivity contribution in [1.29, 1.82) is 0 Å². The molecule has 0 aliphatic rings. The minimum Gasteiger partial charge on any atom is -0.322 e. The predicted octanol–water partition coefficient (Wildman–Crippen LogP) is 3.01. The first-order chi connectivity index (χ1) is 4.91. The molecule has 0 unspecified atom stereocenters. The second-order valence-electron chi connectivity index (χ2n) is 3.27. The second kappa shape index (κ2) is 2.88. The molecular formula is C8H12BrNS. The quantitative estimate of drug-likeness (QED) is 0.794. The summed E-state index contributed by atoms with van der Waals surface area (Å²) in [4.78, 5) is 1.30. The molecular weight excluding hydrogens is 222 g/mol. The molecule has 0 bridgehead atoms. The largest absolute Gasteiger partial charge is 0.322 e. The molecule has 1 nitrogen and oxygen atoms in total. The van der Waals surface area contributed by atoms with Gasteiger partial charge in [-0.1, -0.05) is 0 Å². The molecule has 3 heteroatoms. The number of aryl methyl sites for hydroxylation is 1. The summed E-state index contributed by atoms with van der Waals surface area (Å²) in [5.41, 5.74) is 6.91. The Kier molecular flexibility index (Phi) is 2.42. The molecule has 0 saturated heterocycles. The van der Waals surface area contributed by atoms with Gasteiger partial charge in [0.1, 0.15) is 0 Å². The van der Waals surface area contributed by atoms with Crippen LogP contribution in [-0.2, 0) is 5.54 Å². The fourth-order valence-corrected chi connectivity index (χ4v) is 3.21. The van der Waals surface area contributed by atoms with Crippen molar-refractivity contribution in [1.82, 2.24) is 0 Å². The molecule has 0 aliphatic carbocycles. The number of thiophene rings is 1. The number of halogens is 1. The topological polar surface area (TPSA) is 26.0 Å². The minimum absolute atomic E-state index is 0.233. The van der Waals surface area contributed by atoms with E-state index in [-0.39, 0.29) is 5.54 Å². The van der Waals surface area contributed by atoms with Gasteiger partial charge in [-0.25, -0.2) is 0 Å². The third-order valence-electron chi connectivity index (χ3n) is 1.50. The van der Waals surface area contributed by atoms with E-state index in [1.54, 1.807) is 11.3 Å². The molecule has 11 heavy (non-hydrogen) atoms. The second-order valence-corrected chi connectivity index (χ2v) is 5.84. The predicted molar refractivity (Wildman–Crippen MR) is 54.0 cm³/mol. The van der Waals surface area contributed by atoms with Crippen molar-refractivity contribution in [2.75, 3.05) is 0 Å². The van der Waals surface area contributed by atoms with Gasteiger partial charge in [0.25, 0.3) is 0 Å². The van der Waals surface area contributed by atoms with E-state index in [1.807, 2.05) is 13.8 Å². The third-order valence-corrected chi connectivity index (χ3v) is 3.26. The van der Waals surface area contributed by atoms with Gasteiger partial charge in [-0.2, -0.15) is 0 Å². The van der Waals surface area contributed by atoms with Crippen molar-refractivity contribution < 1.29 is 0 Å². The van der Waals surface area contributed by atoms with Crippen LogP contribution in [0.5, 0.6) is 0 Å². The molecule has 1 aromatic heterocycles. The number of hydrogen-bond acceptors (Lipinski definition) is 2. The van der Waals surface area contributed by atoms with Crippen LogP contribution in [0.2, 0.25) is 0 Å². The Labute approximate surface area is 79.7 Å². The van der Waals surface area contributed by atoms with Gasteiger partial charge in [-0.3, -0.25) is 0 Å². The lowest BCUT2D eigenvalue weighted by atomic mass is 9.99. The average molecular weight is 234 g/mol. The van der Waals surface area contributed by atoms with Crippen LogP contribution in [0.3, 0.4) is 0 Å². The van der Waals surface area contributed by atoms with E-state index in [2.05, 4.69) is 28.9 Å². The molecule has 1 heterocycles. The van der Waals surface area contributed by atoms with Crippen LogP contribution in [0.15, 0.2) is 9.85 Å². The normalized spacial score (nSPS) is 12.1. The lowest BCUT2D eigenvalue weighted by molar-refractivity contribution is 0.554. The van der Waals surface area contributed by atoms with Crippen LogP contribution < -0.4 is 5.73 Å². The maximum Gasteiger partial charge on any atom is 0.0751 e. The molecule has 0 saturated carbocycles. The molecule has 1 aromatic rings. The number of hydrogen-bond donors (Lipinski definition) is 1. The van der Waals surface area contributed by atoms with E-state index < -0.39 is 0 Å². The van der Waals surface area contributed by atoms with Crippen LogP contribution >= 0.6 is 27.3 Å². The van der Waals surface area contributed by atoms with Crippen molar-refractivity contribution in [3.05, 3.63) is 20.3 Å². The summed E-state index contributed by atoms with van der Waals surface area (Å²) in [5, 5.41) is 0. The van der Waals surface area contributed by atoms with Crippen LogP contribution in [0, 0.1) is 6.92 Å². The Morgan fingerprint density at radius 2 is 2.09 bits per heavy atom. The summed E-state index contributed by atoms with van der Waals surface area (Å²) in [5.74, 6) is 0. The van der Waals surface area contributed by atoms with Gasteiger partial charge < -0.3 is 5.73 Å². The Bertz CT molecular complexity index is 260. The molecule has 0 amide bonds. The summed E-state index contributed by atoms with van der Waals surface area (Å²) in [6.07, 6.45) is 0. The highest BCUT2D eigenvalue weighted by molar-refractivity contribution is 9.11. The van der Waals surface area contributed by atoms with E-state index in [4.69, 9.17) is 5.73 Å². The van der Waals surface area contributed by atoms with Gasteiger partial charge in [-0.05, 0) is 48.3 Å². The summed E-state index contributed by atoms with van der Waals surface area (Å²) in [7, 11) is 0. The lowest BCUT2D eigenvalue weighted by Gasteiger charge is -2.17. The highest BCUT2D eigenvalue weighted by atomic mass is 79.9. The van der Waals surface area contributed by atoms with Crippen LogP contribution in [0.25, 0.3) is 0 Å². The van der Waals surface area contributed by atoms with Gasteiger partial charge >= 0.3 is 0 Å². The van der Waals surface area contributed by atoms with Gasteiger partial charge in [0, 0.05) is 10.4 Å². The standard InChI is InChI=1S/C8H12BrNS/c1-5-4-6(7(9)11-5)8(2,3)10/h4H,10H2,1-3H3. The van der Waals surface area contributed by atoms with Crippen LogP contribution in [0.1, 0.15) is 24.3 Å². The van der Waals surface area contributed by atoms with Gasteiger partial charge in [-0.15, -0.1) is 11.3 Å². The zero-order chi connectivity index (χ0) is 8.65. The molecule has 0 radical (unpaired) electrons. The van der Waals surface area contributed by atoms with Crippen molar-refractivity contribution in [3.8, 4) is 0 Å². The van der Waals surface area contributed by atoms with Gasteiger partial charge in [0.2, 0.25) is 0 Å². The van der Waals surface area contributed by atoms with Crippen molar-refractivity contribution in [3.63, 3.8) is 0 Å². The van der Waals surface area contributed by atoms with E-state index in [9.17, 15) is 0 Å². The van der Waals surface area contributed by atoms with Gasteiger partial charge in [0.15, 0.2) is 0 Å². The monoisotopic (exact) mass is 233 g/mol. The Hall–Kier alpha value is 0.140. The SMILES string of the molecule is Cc1cc(C(C)(C)N)c(Br)s1. The first kappa shape index (κ1) is 9.23. The Morgan fingerprint density at radius 1 is 1.55 bits per heavy atom. The summed E-state index contributed by atoms with van der Waals surface area (Å²) in [6, 6.07) is 2.13. The first-order valence-electron chi connectivity index (χ1n) is 3.46. The van der Waals surface area contributed by atoms with E-state index in [0.717, 1.165) is 3.79 Å². The van der Waals surface area contributed by atoms with Crippen molar-refractivity contribution in [2.24, 2.45) is 5.73 Å². The Morgan fingerprint density at radius 3 is 2.27 bits per heavy atom. The molecule has 0 fully saturated rings. The van der Waals surface area contributed by atoms with E-state index in [1.165, 1.54) is 10.4 Å². The minimum atomic E-state index is -0.233. The molecule has 0 spiro atoms. The van der Waals surface area contributed by atoms with Crippen LogP contribution in [0.4, 0.5) is 0 Å². The maximum atomic E-state index is 5.95. The maximum absolute atomic E-state index is 5.95. The van der Waals surface area contributed by atoms with Crippen molar-refractivity contribution >= 4 is 27.3 Å². The highest BCUT2D eigenvalue weighted by Gasteiger charge is 2.19. The number of rotatable bonds is 1. The summed E-state index contributed by atoms with van der Waals surface area (Å²) < 4.78 is 1.16. The fourth-order valence-electron chi connectivity index (χ4n) is 0.925. The zero-order valence-electron chi connectivity index (χ0n) is 6.94. The third kappa shape index (κ3) is 2.04. The smallest absolute Gasteiger partial charge is 0.0751 e. The van der Waals surface area contributed by atoms with E-state index in [0.29, 0.717) is 0 Å². The highest BCUT2D eigenvalue weighted by Crippen LogP contribution is 2.33. The lowest BCUT2D eigenvalue weighted by Crippen LogP contribution is -2.28. The first-order valence-corrected chi connectivity index (χ1v) is 5.07. The van der Waals surface area contributed by atoms with E-state index >= 15 is 0 Å². The molecule has 0 aromatic carbocycles. The van der Waals surface area contributed by atoms with Crippen LogP contribution in [-0.4, -0.2) is 0 Å². The molecule has 0 atom stereocenters. The summed E-state index contributed by atoms with van der Waals surface area (Å²) >= 11 is 5.22. The Balaban J connectivity index is 3.13. The average Bonchev–Trinajstić information content (AvgIpc) is 2.08. The molecule has 1 rings (SSSR count). The molecule has 0 aliphatic heterocycles. The van der Waals surface area contributed by atoms with Crippen molar-refractivity contribution in [2.45, 2.75) is 26.3 Å². The molecule has 62 valence electrons. The van der Waals surface area contributed by atoms with Gasteiger partial charge in [0.05, 0.1) is 3.79 Å². The number of nitrogens with two attached hydrogens (primary N) is 1. The fraction of sp³-hybridized carbons (Fsp3) is 0.500. The zero-order valence-corrected chi connectivity index (χ0v) is 9.34. The summed E-state index contributed by atoms with van der Waals surface area (Å²) in [6.45, 7) is 6.11. The molecule has 2 N–H and O–H groups in total.